The first kappa shape index (κ1) is 18.4. The molecule has 27 heavy (non-hydrogen) atoms. The Morgan fingerprint density at radius 3 is 2.15 bits per heavy atom. The highest BCUT2D eigenvalue weighted by atomic mass is 19.4. The van der Waals surface area contributed by atoms with Gasteiger partial charge in [-0.2, -0.15) is 13.2 Å². The molecule has 0 aliphatic rings. The van der Waals surface area contributed by atoms with Crippen LogP contribution in [0.3, 0.4) is 0 Å². The van der Waals surface area contributed by atoms with Crippen molar-refractivity contribution in [2.24, 2.45) is 0 Å². The maximum atomic E-state index is 13.9. The summed E-state index contributed by atoms with van der Waals surface area (Å²) >= 11 is 0. The second kappa shape index (κ2) is 6.71. The third-order valence-electron chi connectivity index (χ3n) is 3.66. The molecule has 3 N–H and O–H groups in total. The number of hydrogen-bond donors (Lipinski definition) is 3. The van der Waals surface area contributed by atoms with Crippen molar-refractivity contribution in [1.82, 2.24) is 4.98 Å². The molecule has 3 aromatic rings. The molecular formula is C17H10F5N3O2. The summed E-state index contributed by atoms with van der Waals surface area (Å²) in [4.78, 5) is 26.4. The summed E-state index contributed by atoms with van der Waals surface area (Å²) in [5.41, 5.74) is -0.914. The minimum absolute atomic E-state index is 0.0423. The fraction of sp³-hybridized carbons (Fsp3) is 0.0588. The van der Waals surface area contributed by atoms with Crippen LogP contribution in [0, 0.1) is 11.6 Å². The largest absolute Gasteiger partial charge is 0.416 e. The zero-order valence-electron chi connectivity index (χ0n) is 13.2. The predicted molar refractivity (Wildman–Crippen MR) is 86.9 cm³/mol. The lowest BCUT2D eigenvalue weighted by Crippen LogP contribution is -2.29. The first-order chi connectivity index (χ1) is 12.7. The molecule has 2 amide bonds. The molecule has 3 rings (SSSR count). The lowest BCUT2D eigenvalue weighted by molar-refractivity contribution is -0.137. The van der Waals surface area contributed by atoms with E-state index in [2.05, 4.69) is 15.6 Å². The summed E-state index contributed by atoms with van der Waals surface area (Å²) in [6.07, 6.45) is -3.36. The van der Waals surface area contributed by atoms with E-state index < -0.39 is 35.2 Å². The Kier molecular flexibility index (Phi) is 4.56. The molecule has 10 heteroatoms. The van der Waals surface area contributed by atoms with Crippen LogP contribution >= 0.6 is 0 Å². The lowest BCUT2D eigenvalue weighted by Gasteiger charge is -2.09. The smallest absolute Gasteiger partial charge is 0.359 e. The topological polar surface area (TPSA) is 74.0 Å². The maximum Gasteiger partial charge on any atom is 0.416 e. The summed E-state index contributed by atoms with van der Waals surface area (Å²) in [5.74, 6) is -4.74. The van der Waals surface area contributed by atoms with Crippen molar-refractivity contribution >= 4 is 34.1 Å². The summed E-state index contributed by atoms with van der Waals surface area (Å²) < 4.78 is 64.7. The highest BCUT2D eigenvalue weighted by Gasteiger charge is 2.30. The number of nitrogens with one attached hydrogen (secondary N) is 3. The number of hydrogen-bond acceptors (Lipinski definition) is 2. The number of H-pyrrole nitrogens is 1. The molecule has 1 aromatic heterocycles. The van der Waals surface area contributed by atoms with E-state index in [0.717, 1.165) is 30.3 Å². The molecule has 0 radical (unpaired) electrons. The number of amides is 2. The van der Waals surface area contributed by atoms with Crippen molar-refractivity contribution in [3.05, 3.63) is 59.8 Å². The maximum absolute atomic E-state index is 13.9. The Morgan fingerprint density at radius 1 is 0.889 bits per heavy atom. The van der Waals surface area contributed by atoms with E-state index >= 15 is 0 Å². The van der Waals surface area contributed by atoms with E-state index in [0.29, 0.717) is 0 Å². The van der Waals surface area contributed by atoms with E-state index in [1.165, 1.54) is 12.3 Å². The van der Waals surface area contributed by atoms with Gasteiger partial charge in [0.05, 0.1) is 22.2 Å². The van der Waals surface area contributed by atoms with Crippen molar-refractivity contribution in [2.45, 2.75) is 6.18 Å². The monoisotopic (exact) mass is 383 g/mol. The van der Waals surface area contributed by atoms with Gasteiger partial charge in [0.1, 0.15) is 0 Å². The molecular weight excluding hydrogens is 373 g/mol. The van der Waals surface area contributed by atoms with E-state index in [4.69, 9.17) is 0 Å². The number of fused-ring (bicyclic) bond motifs is 1. The van der Waals surface area contributed by atoms with Gasteiger partial charge in [0.25, 0.3) is 0 Å². The molecule has 140 valence electrons. The quantitative estimate of drug-likeness (QED) is 0.462. The second-order valence-electron chi connectivity index (χ2n) is 5.47. The SMILES string of the molecule is O=C(Nc1ccc(C(F)(F)F)cc1)C(=O)Nc1c[nH]c2ccc(F)c(F)c12. The van der Waals surface area contributed by atoms with E-state index in [9.17, 15) is 31.5 Å². The first-order valence-electron chi connectivity index (χ1n) is 7.41. The van der Waals surface area contributed by atoms with Gasteiger partial charge in [-0.3, -0.25) is 9.59 Å². The van der Waals surface area contributed by atoms with Crippen molar-refractivity contribution in [2.75, 3.05) is 10.6 Å². The summed E-state index contributed by atoms with van der Waals surface area (Å²) in [6.45, 7) is 0. The molecule has 2 aromatic carbocycles. The van der Waals surface area contributed by atoms with Crippen LogP contribution in [0.5, 0.6) is 0 Å². The number of halogens is 5. The highest BCUT2D eigenvalue weighted by Crippen LogP contribution is 2.30. The molecule has 0 aliphatic heterocycles. The van der Waals surface area contributed by atoms with Gasteiger partial charge in [-0.25, -0.2) is 8.78 Å². The number of carbonyl (C=O) groups excluding carboxylic acids is 2. The number of carbonyl (C=O) groups is 2. The fourth-order valence-corrected chi connectivity index (χ4v) is 2.36. The minimum Gasteiger partial charge on any atom is -0.359 e. The van der Waals surface area contributed by atoms with Gasteiger partial charge in [0.15, 0.2) is 11.6 Å². The number of benzene rings is 2. The van der Waals surface area contributed by atoms with Crippen LogP contribution < -0.4 is 10.6 Å². The first-order valence-corrected chi connectivity index (χ1v) is 7.41. The number of anilines is 2. The number of aromatic nitrogens is 1. The Bertz CT molecular complexity index is 1030. The molecule has 0 aliphatic carbocycles. The summed E-state index contributed by atoms with van der Waals surface area (Å²) in [6, 6.07) is 5.60. The van der Waals surface area contributed by atoms with Gasteiger partial charge >= 0.3 is 18.0 Å². The average Bonchev–Trinajstić information content (AvgIpc) is 3.01. The van der Waals surface area contributed by atoms with E-state index in [1.807, 2.05) is 0 Å². The molecule has 0 atom stereocenters. The molecule has 0 bridgehead atoms. The Balaban J connectivity index is 1.73. The van der Waals surface area contributed by atoms with Crippen LogP contribution in [-0.4, -0.2) is 16.8 Å². The van der Waals surface area contributed by atoms with Gasteiger partial charge in [0, 0.05) is 11.9 Å². The molecule has 0 spiro atoms. The van der Waals surface area contributed by atoms with Crippen LogP contribution in [0.15, 0.2) is 42.6 Å². The van der Waals surface area contributed by atoms with Gasteiger partial charge in [0.2, 0.25) is 0 Å². The van der Waals surface area contributed by atoms with Crippen LogP contribution in [-0.2, 0) is 15.8 Å². The van der Waals surface area contributed by atoms with Crippen molar-refractivity contribution in [3.63, 3.8) is 0 Å². The third kappa shape index (κ3) is 3.73. The zero-order chi connectivity index (χ0) is 19.8. The standard InChI is InChI=1S/C17H10F5N3O2/c18-10-5-6-11-13(14(10)19)12(7-23-11)25-16(27)15(26)24-9-3-1-8(2-4-9)17(20,21)22/h1-7,23H,(H,24,26)(H,25,27). The molecule has 0 fully saturated rings. The highest BCUT2D eigenvalue weighted by molar-refractivity contribution is 6.44. The summed E-state index contributed by atoms with van der Waals surface area (Å²) in [5, 5.41) is 3.99. The van der Waals surface area contributed by atoms with Crippen molar-refractivity contribution < 1.29 is 31.5 Å². The average molecular weight is 383 g/mol. The van der Waals surface area contributed by atoms with Gasteiger partial charge < -0.3 is 15.6 Å². The predicted octanol–water partition coefficient (Wildman–Crippen LogP) is 4.04. The lowest BCUT2D eigenvalue weighted by atomic mass is 10.2. The Labute approximate surface area is 148 Å². The van der Waals surface area contributed by atoms with Crippen LogP contribution in [0.2, 0.25) is 0 Å². The Morgan fingerprint density at radius 2 is 1.52 bits per heavy atom. The van der Waals surface area contributed by atoms with Crippen molar-refractivity contribution in [1.29, 1.82) is 0 Å². The number of alkyl halides is 3. The Hall–Kier alpha value is -3.43. The fourth-order valence-electron chi connectivity index (χ4n) is 2.36. The van der Waals surface area contributed by atoms with E-state index in [1.54, 1.807) is 0 Å². The number of aromatic amines is 1. The second-order valence-corrected chi connectivity index (χ2v) is 5.47. The molecule has 1 heterocycles. The minimum atomic E-state index is -4.53. The van der Waals surface area contributed by atoms with Gasteiger partial charge in [-0.15, -0.1) is 0 Å². The molecule has 5 nitrogen and oxygen atoms in total. The van der Waals surface area contributed by atoms with Crippen LogP contribution in [0.25, 0.3) is 10.9 Å². The normalized spacial score (nSPS) is 11.4. The molecule has 0 saturated carbocycles. The molecule has 0 saturated heterocycles. The molecule has 0 unspecified atom stereocenters. The van der Waals surface area contributed by atoms with Crippen LogP contribution in [0.1, 0.15) is 5.56 Å². The van der Waals surface area contributed by atoms with E-state index in [-0.39, 0.29) is 22.3 Å². The summed E-state index contributed by atoms with van der Waals surface area (Å²) in [7, 11) is 0. The van der Waals surface area contributed by atoms with Gasteiger partial charge in [-0.1, -0.05) is 0 Å². The van der Waals surface area contributed by atoms with Gasteiger partial charge in [-0.05, 0) is 36.4 Å². The zero-order valence-corrected chi connectivity index (χ0v) is 13.2. The van der Waals surface area contributed by atoms with Crippen molar-refractivity contribution in [3.8, 4) is 0 Å². The third-order valence-corrected chi connectivity index (χ3v) is 3.66. The number of rotatable bonds is 2. The van der Waals surface area contributed by atoms with Crippen LogP contribution in [0.4, 0.5) is 33.3 Å².